The van der Waals surface area contributed by atoms with E-state index in [0.717, 1.165) is 18.4 Å². The summed E-state index contributed by atoms with van der Waals surface area (Å²) in [5, 5.41) is 0. The number of hydrogen-bond donors (Lipinski definition) is 1. The highest BCUT2D eigenvalue weighted by Crippen LogP contribution is 2.32. The van der Waals surface area contributed by atoms with Gasteiger partial charge in [-0.2, -0.15) is 17.0 Å². The lowest BCUT2D eigenvalue weighted by molar-refractivity contribution is 0.325. The largest absolute Gasteiger partial charge is 0.399 e. The minimum atomic E-state index is -3.41. The van der Waals surface area contributed by atoms with Gasteiger partial charge < -0.3 is 5.73 Å². The number of nitrogens with zero attached hydrogens (tertiary/aromatic N) is 2. The molecule has 1 aromatic carbocycles. The Morgan fingerprint density at radius 2 is 1.80 bits per heavy atom. The lowest BCUT2D eigenvalue weighted by Crippen LogP contribution is -2.45. The monoisotopic (exact) mass is 297 g/mol. The van der Waals surface area contributed by atoms with Gasteiger partial charge in [0.15, 0.2) is 0 Å². The third-order valence-corrected chi connectivity index (χ3v) is 5.83. The zero-order valence-corrected chi connectivity index (χ0v) is 13.1. The standard InChI is InChI=1S/C14H23N3O2S/c1-11(2)16(3)20(18,19)17(14-8-9-14)10-12-4-6-13(15)7-5-12/h4-7,11,14H,8-10,15H2,1-3H3. The van der Waals surface area contributed by atoms with Crippen LogP contribution in [0.15, 0.2) is 24.3 Å². The summed E-state index contributed by atoms with van der Waals surface area (Å²) in [6.45, 7) is 4.17. The first-order chi connectivity index (χ1) is 9.32. The van der Waals surface area contributed by atoms with Gasteiger partial charge in [0.05, 0.1) is 0 Å². The minimum absolute atomic E-state index is 0.0485. The highest BCUT2D eigenvalue weighted by molar-refractivity contribution is 7.86. The summed E-state index contributed by atoms with van der Waals surface area (Å²) >= 11 is 0. The van der Waals surface area contributed by atoms with Crippen molar-refractivity contribution < 1.29 is 8.42 Å². The molecule has 0 unspecified atom stereocenters. The molecule has 2 rings (SSSR count). The van der Waals surface area contributed by atoms with Gasteiger partial charge in [-0.25, -0.2) is 0 Å². The zero-order valence-electron chi connectivity index (χ0n) is 12.3. The van der Waals surface area contributed by atoms with Crippen LogP contribution in [0.5, 0.6) is 0 Å². The van der Waals surface area contributed by atoms with Crippen LogP contribution in [-0.4, -0.2) is 36.2 Å². The fourth-order valence-corrected chi connectivity index (χ4v) is 3.76. The van der Waals surface area contributed by atoms with Gasteiger partial charge in [-0.1, -0.05) is 12.1 Å². The van der Waals surface area contributed by atoms with Gasteiger partial charge in [-0.3, -0.25) is 0 Å². The molecule has 0 aliphatic heterocycles. The Balaban J connectivity index is 2.21. The Kier molecular flexibility index (Phi) is 4.36. The minimum Gasteiger partial charge on any atom is -0.399 e. The van der Waals surface area contributed by atoms with Crippen molar-refractivity contribution in [3.8, 4) is 0 Å². The molecule has 0 saturated heterocycles. The number of benzene rings is 1. The first-order valence-electron chi connectivity index (χ1n) is 6.91. The van der Waals surface area contributed by atoms with Crippen molar-refractivity contribution in [3.63, 3.8) is 0 Å². The zero-order chi connectivity index (χ0) is 14.9. The predicted octanol–water partition coefficient (Wildman–Crippen LogP) is 1.82. The van der Waals surface area contributed by atoms with E-state index in [1.807, 2.05) is 26.0 Å². The van der Waals surface area contributed by atoms with Crippen molar-refractivity contribution in [1.82, 2.24) is 8.61 Å². The highest BCUT2D eigenvalue weighted by Gasteiger charge is 2.39. The molecule has 1 saturated carbocycles. The van der Waals surface area contributed by atoms with Crippen LogP contribution in [0.1, 0.15) is 32.3 Å². The maximum absolute atomic E-state index is 12.7. The second kappa shape index (κ2) is 5.71. The van der Waals surface area contributed by atoms with E-state index in [4.69, 9.17) is 5.73 Å². The van der Waals surface area contributed by atoms with E-state index in [-0.39, 0.29) is 12.1 Å². The van der Waals surface area contributed by atoms with Gasteiger partial charge in [0.2, 0.25) is 0 Å². The quantitative estimate of drug-likeness (QED) is 0.814. The number of rotatable bonds is 6. The van der Waals surface area contributed by atoms with E-state index in [9.17, 15) is 8.42 Å². The van der Waals surface area contributed by atoms with E-state index in [1.54, 1.807) is 23.5 Å². The summed E-state index contributed by atoms with van der Waals surface area (Å²) < 4.78 is 28.3. The second-order valence-corrected chi connectivity index (χ2v) is 7.58. The van der Waals surface area contributed by atoms with Gasteiger partial charge in [-0.15, -0.1) is 0 Å². The number of anilines is 1. The Hall–Kier alpha value is -1.11. The fourth-order valence-electron chi connectivity index (χ4n) is 2.00. The van der Waals surface area contributed by atoms with Crippen LogP contribution in [0.3, 0.4) is 0 Å². The Bertz CT molecular complexity index is 550. The van der Waals surface area contributed by atoms with Crippen LogP contribution in [0, 0.1) is 0 Å². The summed E-state index contributed by atoms with van der Waals surface area (Å²) in [6, 6.07) is 7.47. The molecule has 0 radical (unpaired) electrons. The van der Waals surface area contributed by atoms with Crippen molar-refractivity contribution in [3.05, 3.63) is 29.8 Å². The summed E-state index contributed by atoms with van der Waals surface area (Å²) in [5.41, 5.74) is 7.32. The van der Waals surface area contributed by atoms with Gasteiger partial charge in [0.25, 0.3) is 10.2 Å². The normalized spacial score (nSPS) is 16.3. The van der Waals surface area contributed by atoms with Crippen LogP contribution in [-0.2, 0) is 16.8 Å². The van der Waals surface area contributed by atoms with E-state index in [1.165, 1.54) is 4.31 Å². The molecule has 6 heteroatoms. The molecule has 112 valence electrons. The van der Waals surface area contributed by atoms with Gasteiger partial charge >= 0.3 is 0 Å². The number of nitrogen functional groups attached to an aromatic ring is 1. The summed E-state index contributed by atoms with van der Waals surface area (Å²) in [6.07, 6.45) is 1.89. The molecule has 1 aromatic rings. The SMILES string of the molecule is CC(C)N(C)S(=O)(=O)N(Cc1ccc(N)cc1)C1CC1. The van der Waals surface area contributed by atoms with Gasteiger partial charge in [0.1, 0.15) is 0 Å². The van der Waals surface area contributed by atoms with Crippen LogP contribution >= 0.6 is 0 Å². The van der Waals surface area contributed by atoms with E-state index in [0.29, 0.717) is 12.2 Å². The van der Waals surface area contributed by atoms with Crippen molar-refractivity contribution >= 4 is 15.9 Å². The molecule has 2 N–H and O–H groups in total. The molecular weight excluding hydrogens is 274 g/mol. The second-order valence-electron chi connectivity index (χ2n) is 5.64. The molecule has 0 aromatic heterocycles. The molecule has 1 aliphatic rings. The topological polar surface area (TPSA) is 66.6 Å². The molecular formula is C14H23N3O2S. The lowest BCUT2D eigenvalue weighted by Gasteiger charge is -2.29. The molecule has 0 atom stereocenters. The highest BCUT2D eigenvalue weighted by atomic mass is 32.2. The number of hydrogen-bond acceptors (Lipinski definition) is 3. The van der Waals surface area contributed by atoms with Crippen LogP contribution in [0.2, 0.25) is 0 Å². The third kappa shape index (κ3) is 3.31. The van der Waals surface area contributed by atoms with Crippen molar-refractivity contribution in [2.24, 2.45) is 0 Å². The van der Waals surface area contributed by atoms with Crippen LogP contribution < -0.4 is 5.73 Å². The summed E-state index contributed by atoms with van der Waals surface area (Å²) in [5.74, 6) is 0. The molecule has 20 heavy (non-hydrogen) atoms. The van der Waals surface area contributed by atoms with Crippen molar-refractivity contribution in [2.75, 3.05) is 12.8 Å². The Labute approximate surface area is 121 Å². The molecule has 0 bridgehead atoms. The molecule has 1 aliphatic carbocycles. The molecule has 5 nitrogen and oxygen atoms in total. The van der Waals surface area contributed by atoms with Crippen LogP contribution in [0.25, 0.3) is 0 Å². The maximum atomic E-state index is 12.7. The molecule has 1 fully saturated rings. The maximum Gasteiger partial charge on any atom is 0.282 e. The molecule has 0 spiro atoms. The lowest BCUT2D eigenvalue weighted by atomic mass is 10.2. The van der Waals surface area contributed by atoms with E-state index >= 15 is 0 Å². The molecule has 0 amide bonds. The predicted molar refractivity (Wildman–Crippen MR) is 81.2 cm³/mol. The first-order valence-corrected chi connectivity index (χ1v) is 8.31. The summed E-state index contributed by atoms with van der Waals surface area (Å²) in [4.78, 5) is 0. The number of nitrogens with two attached hydrogens (primary N) is 1. The average Bonchev–Trinajstić information content (AvgIpc) is 3.21. The van der Waals surface area contributed by atoms with Crippen LogP contribution in [0.4, 0.5) is 5.69 Å². The van der Waals surface area contributed by atoms with E-state index < -0.39 is 10.2 Å². The third-order valence-electron chi connectivity index (χ3n) is 3.66. The van der Waals surface area contributed by atoms with Crippen molar-refractivity contribution in [1.29, 1.82) is 0 Å². The van der Waals surface area contributed by atoms with Crippen molar-refractivity contribution in [2.45, 2.75) is 45.3 Å². The van der Waals surface area contributed by atoms with Gasteiger partial charge in [-0.05, 0) is 44.4 Å². The smallest absolute Gasteiger partial charge is 0.282 e. The Morgan fingerprint density at radius 3 is 2.25 bits per heavy atom. The average molecular weight is 297 g/mol. The van der Waals surface area contributed by atoms with E-state index in [2.05, 4.69) is 0 Å². The first kappa shape index (κ1) is 15.3. The molecule has 0 heterocycles. The Morgan fingerprint density at radius 1 is 1.25 bits per heavy atom. The summed E-state index contributed by atoms with van der Waals surface area (Å²) in [7, 11) is -1.77. The van der Waals surface area contributed by atoms with Gasteiger partial charge in [0, 0.05) is 31.4 Å². The fraction of sp³-hybridized carbons (Fsp3) is 0.571.